The third-order valence-electron chi connectivity index (χ3n) is 4.85. The lowest BCUT2D eigenvalue weighted by Gasteiger charge is -2.25. The second-order valence-electron chi connectivity index (χ2n) is 6.56. The molecule has 5 heteroatoms. The average molecular weight is 355 g/mol. The van der Waals surface area contributed by atoms with Crippen LogP contribution in [0.1, 0.15) is 51.5 Å². The van der Waals surface area contributed by atoms with Crippen molar-refractivity contribution < 1.29 is 18.7 Å². The number of carbonyl (C=O) groups excluding carboxylic acids is 2. The minimum Gasteiger partial charge on any atom is -0.465 e. The van der Waals surface area contributed by atoms with Gasteiger partial charge >= 0.3 is 5.97 Å². The van der Waals surface area contributed by atoms with Gasteiger partial charge in [-0.1, -0.05) is 18.6 Å². The van der Waals surface area contributed by atoms with E-state index in [4.69, 9.17) is 0 Å². The molecule has 26 heavy (non-hydrogen) atoms. The van der Waals surface area contributed by atoms with Gasteiger partial charge in [-0.2, -0.15) is 0 Å². The molecule has 0 radical (unpaired) electrons. The maximum absolute atomic E-state index is 13.2. The molecule has 1 saturated heterocycles. The molecule has 2 aromatic carbocycles. The molecule has 0 aromatic heterocycles. The number of esters is 1. The summed E-state index contributed by atoms with van der Waals surface area (Å²) in [6, 6.07) is 13.1. The van der Waals surface area contributed by atoms with Crippen LogP contribution < -0.4 is 0 Å². The monoisotopic (exact) mass is 355 g/mol. The lowest BCUT2D eigenvalue weighted by atomic mass is 9.94. The molecule has 1 unspecified atom stereocenters. The van der Waals surface area contributed by atoms with E-state index >= 15 is 0 Å². The highest BCUT2D eigenvalue weighted by molar-refractivity contribution is 5.96. The number of nitrogens with zero attached hydrogens (tertiary/aromatic N) is 1. The van der Waals surface area contributed by atoms with Gasteiger partial charge in [0, 0.05) is 24.6 Å². The maximum Gasteiger partial charge on any atom is 0.337 e. The van der Waals surface area contributed by atoms with Gasteiger partial charge in [-0.15, -0.1) is 0 Å². The van der Waals surface area contributed by atoms with E-state index in [9.17, 15) is 14.0 Å². The fourth-order valence-corrected chi connectivity index (χ4v) is 3.38. The Balaban J connectivity index is 1.75. The first-order valence-corrected chi connectivity index (χ1v) is 8.81. The summed E-state index contributed by atoms with van der Waals surface area (Å²) >= 11 is 0. The summed E-state index contributed by atoms with van der Waals surface area (Å²) in [6.07, 6.45) is 2.97. The molecule has 1 atom stereocenters. The highest BCUT2D eigenvalue weighted by atomic mass is 19.1. The molecule has 1 amide bonds. The number of hydrogen-bond acceptors (Lipinski definition) is 3. The molecule has 0 saturated carbocycles. The zero-order valence-electron chi connectivity index (χ0n) is 14.8. The zero-order chi connectivity index (χ0) is 18.5. The first-order chi connectivity index (χ1) is 12.6. The van der Waals surface area contributed by atoms with Crippen LogP contribution in [0.5, 0.6) is 0 Å². The van der Waals surface area contributed by atoms with E-state index in [0.717, 1.165) is 24.8 Å². The number of rotatable bonds is 3. The normalized spacial score (nSPS) is 17.5. The summed E-state index contributed by atoms with van der Waals surface area (Å²) in [5.74, 6) is -0.511. The minimum atomic E-state index is -0.421. The van der Waals surface area contributed by atoms with E-state index in [0.29, 0.717) is 24.2 Å². The lowest BCUT2D eigenvalue weighted by Crippen LogP contribution is -2.34. The number of halogens is 1. The van der Waals surface area contributed by atoms with Gasteiger partial charge in [-0.05, 0) is 54.8 Å². The average Bonchev–Trinajstić information content (AvgIpc) is 2.94. The molecule has 0 spiro atoms. The number of benzene rings is 2. The summed E-state index contributed by atoms with van der Waals surface area (Å²) in [6.45, 7) is 1.32. The predicted molar refractivity (Wildman–Crippen MR) is 96.7 cm³/mol. The van der Waals surface area contributed by atoms with Gasteiger partial charge < -0.3 is 9.64 Å². The largest absolute Gasteiger partial charge is 0.465 e. The topological polar surface area (TPSA) is 46.6 Å². The SMILES string of the molecule is COC(=O)c1ccc(C(=O)N2CCCCC(c3ccc(F)cc3)C2)cc1. The fourth-order valence-electron chi connectivity index (χ4n) is 3.38. The number of ether oxygens (including phenoxy) is 1. The van der Waals surface area contributed by atoms with Crippen molar-refractivity contribution in [3.63, 3.8) is 0 Å². The number of methoxy groups -OCH3 is 1. The van der Waals surface area contributed by atoms with Crippen LogP contribution >= 0.6 is 0 Å². The number of likely N-dealkylation sites (tertiary alicyclic amines) is 1. The predicted octanol–water partition coefficient (Wildman–Crippen LogP) is 4.02. The molecular weight excluding hydrogens is 333 g/mol. The smallest absolute Gasteiger partial charge is 0.337 e. The second kappa shape index (κ2) is 8.13. The third-order valence-corrected chi connectivity index (χ3v) is 4.85. The zero-order valence-corrected chi connectivity index (χ0v) is 14.8. The Morgan fingerprint density at radius 2 is 1.65 bits per heavy atom. The number of amides is 1. The molecular formula is C21H22FNO3. The van der Waals surface area contributed by atoms with Crippen LogP contribution in [0.3, 0.4) is 0 Å². The van der Waals surface area contributed by atoms with Crippen LogP contribution in [0.2, 0.25) is 0 Å². The Labute approximate surface area is 152 Å². The van der Waals surface area contributed by atoms with Gasteiger partial charge in [-0.3, -0.25) is 4.79 Å². The third kappa shape index (κ3) is 4.10. The van der Waals surface area contributed by atoms with Crippen LogP contribution in [0.25, 0.3) is 0 Å². The molecule has 4 nitrogen and oxygen atoms in total. The number of carbonyl (C=O) groups is 2. The lowest BCUT2D eigenvalue weighted by molar-refractivity contribution is 0.0599. The van der Waals surface area contributed by atoms with Gasteiger partial charge in [0.2, 0.25) is 0 Å². The van der Waals surface area contributed by atoms with E-state index < -0.39 is 5.97 Å². The van der Waals surface area contributed by atoms with Crippen LogP contribution in [0.4, 0.5) is 4.39 Å². The summed E-state index contributed by atoms with van der Waals surface area (Å²) < 4.78 is 17.9. The summed E-state index contributed by atoms with van der Waals surface area (Å²) in [4.78, 5) is 26.3. The van der Waals surface area contributed by atoms with E-state index in [1.165, 1.54) is 19.2 Å². The van der Waals surface area contributed by atoms with Crippen LogP contribution in [0.15, 0.2) is 48.5 Å². The number of hydrogen-bond donors (Lipinski definition) is 0. The van der Waals surface area contributed by atoms with Crippen molar-refractivity contribution in [3.8, 4) is 0 Å². The molecule has 1 aliphatic heterocycles. The molecule has 1 fully saturated rings. The summed E-state index contributed by atoms with van der Waals surface area (Å²) in [5.41, 5.74) is 2.04. The van der Waals surface area contributed by atoms with Crippen molar-refractivity contribution in [3.05, 3.63) is 71.0 Å². The molecule has 3 rings (SSSR count). The Bertz CT molecular complexity index is 771. The molecule has 1 aliphatic rings. The van der Waals surface area contributed by atoms with Crippen LogP contribution in [-0.2, 0) is 4.74 Å². The summed E-state index contributed by atoms with van der Waals surface area (Å²) in [7, 11) is 1.33. The van der Waals surface area contributed by atoms with Crippen molar-refractivity contribution in [1.29, 1.82) is 0 Å². The second-order valence-corrected chi connectivity index (χ2v) is 6.56. The molecule has 0 aliphatic carbocycles. The van der Waals surface area contributed by atoms with Gasteiger partial charge in [-0.25, -0.2) is 9.18 Å². The molecule has 0 bridgehead atoms. The highest BCUT2D eigenvalue weighted by Gasteiger charge is 2.24. The fraction of sp³-hybridized carbons (Fsp3) is 0.333. The molecule has 1 heterocycles. The van der Waals surface area contributed by atoms with E-state index in [1.54, 1.807) is 36.4 Å². The standard InChI is InChI=1S/C21H22FNO3/c1-26-21(25)17-7-5-16(6-8-17)20(24)23-13-3-2-4-18(14-23)15-9-11-19(22)12-10-15/h5-12,18H,2-4,13-14H2,1H3. The van der Waals surface area contributed by atoms with Gasteiger partial charge in [0.1, 0.15) is 5.82 Å². The Morgan fingerprint density at radius 3 is 2.31 bits per heavy atom. The Kier molecular flexibility index (Phi) is 5.66. The minimum absolute atomic E-state index is 0.0459. The van der Waals surface area contributed by atoms with Crippen molar-refractivity contribution in [2.45, 2.75) is 25.2 Å². The van der Waals surface area contributed by atoms with Crippen molar-refractivity contribution in [1.82, 2.24) is 4.90 Å². The van der Waals surface area contributed by atoms with Crippen molar-refractivity contribution in [2.24, 2.45) is 0 Å². The Hall–Kier alpha value is -2.69. The van der Waals surface area contributed by atoms with E-state index in [-0.39, 0.29) is 17.6 Å². The van der Waals surface area contributed by atoms with Crippen molar-refractivity contribution >= 4 is 11.9 Å². The Morgan fingerprint density at radius 1 is 1.00 bits per heavy atom. The molecule has 136 valence electrons. The first kappa shape index (κ1) is 18.1. The molecule has 2 aromatic rings. The van der Waals surface area contributed by atoms with Crippen LogP contribution in [0, 0.1) is 5.82 Å². The first-order valence-electron chi connectivity index (χ1n) is 8.81. The van der Waals surface area contributed by atoms with Gasteiger partial charge in [0.05, 0.1) is 12.7 Å². The molecule has 0 N–H and O–H groups in total. The summed E-state index contributed by atoms with van der Waals surface area (Å²) in [5, 5.41) is 0. The van der Waals surface area contributed by atoms with E-state index in [1.807, 2.05) is 4.90 Å². The van der Waals surface area contributed by atoms with Crippen LogP contribution in [-0.4, -0.2) is 37.0 Å². The quantitative estimate of drug-likeness (QED) is 0.781. The van der Waals surface area contributed by atoms with E-state index in [2.05, 4.69) is 4.74 Å². The van der Waals surface area contributed by atoms with Crippen molar-refractivity contribution in [2.75, 3.05) is 20.2 Å². The van der Waals surface area contributed by atoms with Gasteiger partial charge in [0.25, 0.3) is 5.91 Å². The maximum atomic E-state index is 13.2. The highest BCUT2D eigenvalue weighted by Crippen LogP contribution is 2.27. The van der Waals surface area contributed by atoms with Gasteiger partial charge in [0.15, 0.2) is 0 Å².